The standard InChI is InChI=1S/C17H21N3O3/c1-4-17(16(22)23,12-8-6-5-7-9-12)18-15(21)14-10-13(11(2)3)19-20-14/h5-11H,4H2,1-3H3,(H,18,21)(H,19,20)(H,22,23). The van der Waals surface area contributed by atoms with Gasteiger partial charge in [0, 0.05) is 5.69 Å². The molecule has 1 atom stereocenters. The van der Waals surface area contributed by atoms with Gasteiger partial charge in [-0.2, -0.15) is 5.10 Å². The van der Waals surface area contributed by atoms with Crippen molar-refractivity contribution in [2.45, 2.75) is 38.6 Å². The molecule has 0 saturated carbocycles. The van der Waals surface area contributed by atoms with E-state index in [9.17, 15) is 14.7 Å². The van der Waals surface area contributed by atoms with Crippen molar-refractivity contribution in [2.24, 2.45) is 0 Å². The SMILES string of the molecule is CCC(NC(=O)c1cc(C(C)C)[nH]n1)(C(=O)O)c1ccccc1. The topological polar surface area (TPSA) is 95.1 Å². The van der Waals surface area contributed by atoms with Crippen LogP contribution < -0.4 is 5.32 Å². The van der Waals surface area contributed by atoms with Crippen LogP contribution in [0.15, 0.2) is 36.4 Å². The first-order valence-electron chi connectivity index (χ1n) is 7.57. The molecule has 0 aliphatic rings. The number of benzene rings is 1. The van der Waals surface area contributed by atoms with Gasteiger partial charge in [-0.05, 0) is 24.0 Å². The zero-order valence-corrected chi connectivity index (χ0v) is 13.5. The van der Waals surface area contributed by atoms with Crippen LogP contribution in [0.2, 0.25) is 0 Å². The highest BCUT2D eigenvalue weighted by Gasteiger charge is 2.40. The van der Waals surface area contributed by atoms with Crippen LogP contribution in [0.5, 0.6) is 0 Å². The Kier molecular flexibility index (Phi) is 4.83. The number of aromatic nitrogens is 2. The lowest BCUT2D eigenvalue weighted by atomic mass is 9.87. The van der Waals surface area contributed by atoms with Crippen molar-refractivity contribution >= 4 is 11.9 Å². The summed E-state index contributed by atoms with van der Waals surface area (Å²) < 4.78 is 0. The van der Waals surface area contributed by atoms with E-state index >= 15 is 0 Å². The highest BCUT2D eigenvalue weighted by atomic mass is 16.4. The Morgan fingerprint density at radius 1 is 1.30 bits per heavy atom. The summed E-state index contributed by atoms with van der Waals surface area (Å²) in [6.45, 7) is 5.69. The summed E-state index contributed by atoms with van der Waals surface area (Å²) in [7, 11) is 0. The highest BCUT2D eigenvalue weighted by Crippen LogP contribution is 2.26. The lowest BCUT2D eigenvalue weighted by Gasteiger charge is -2.29. The number of hydrogen-bond acceptors (Lipinski definition) is 3. The zero-order valence-electron chi connectivity index (χ0n) is 13.5. The minimum Gasteiger partial charge on any atom is -0.479 e. The van der Waals surface area contributed by atoms with Gasteiger partial charge in [-0.1, -0.05) is 51.1 Å². The number of H-pyrrole nitrogens is 1. The van der Waals surface area contributed by atoms with Gasteiger partial charge >= 0.3 is 5.97 Å². The van der Waals surface area contributed by atoms with Gasteiger partial charge in [0.15, 0.2) is 5.54 Å². The van der Waals surface area contributed by atoms with Gasteiger partial charge in [0.05, 0.1) is 0 Å². The molecule has 6 heteroatoms. The number of aliphatic carboxylic acids is 1. The molecule has 2 rings (SSSR count). The number of nitrogens with zero attached hydrogens (tertiary/aromatic N) is 1. The normalized spacial score (nSPS) is 13.6. The molecule has 0 aliphatic carbocycles. The number of aromatic amines is 1. The zero-order chi connectivity index (χ0) is 17.0. The molecule has 122 valence electrons. The molecule has 1 aromatic heterocycles. The van der Waals surface area contributed by atoms with E-state index in [1.807, 2.05) is 13.8 Å². The predicted molar refractivity (Wildman–Crippen MR) is 86.2 cm³/mol. The number of carbonyl (C=O) groups excluding carboxylic acids is 1. The van der Waals surface area contributed by atoms with E-state index in [4.69, 9.17) is 0 Å². The molecule has 0 spiro atoms. The van der Waals surface area contributed by atoms with Crippen molar-refractivity contribution < 1.29 is 14.7 Å². The smallest absolute Gasteiger partial charge is 0.334 e. The van der Waals surface area contributed by atoms with Crippen molar-refractivity contribution in [1.82, 2.24) is 15.5 Å². The van der Waals surface area contributed by atoms with Crippen LogP contribution in [0.1, 0.15) is 54.9 Å². The first-order valence-corrected chi connectivity index (χ1v) is 7.57. The molecule has 6 nitrogen and oxygen atoms in total. The van der Waals surface area contributed by atoms with Crippen LogP contribution in [0.3, 0.4) is 0 Å². The van der Waals surface area contributed by atoms with Crippen LogP contribution in [0.4, 0.5) is 0 Å². The summed E-state index contributed by atoms with van der Waals surface area (Å²) in [5.74, 6) is -1.41. The first kappa shape index (κ1) is 16.7. The number of hydrogen-bond donors (Lipinski definition) is 3. The molecule has 1 unspecified atom stereocenters. The fourth-order valence-electron chi connectivity index (χ4n) is 2.42. The fraction of sp³-hybridized carbons (Fsp3) is 0.353. The third-order valence-electron chi connectivity index (χ3n) is 3.94. The van der Waals surface area contributed by atoms with Crippen LogP contribution >= 0.6 is 0 Å². The van der Waals surface area contributed by atoms with Gasteiger partial charge < -0.3 is 10.4 Å². The Morgan fingerprint density at radius 2 is 1.96 bits per heavy atom. The average molecular weight is 315 g/mol. The Bertz CT molecular complexity index is 694. The summed E-state index contributed by atoms with van der Waals surface area (Å²) >= 11 is 0. The number of rotatable bonds is 6. The highest BCUT2D eigenvalue weighted by molar-refractivity contribution is 5.96. The Hall–Kier alpha value is -2.63. The maximum absolute atomic E-state index is 12.5. The second kappa shape index (κ2) is 6.64. The molecular formula is C17H21N3O3. The molecule has 1 amide bonds. The summed E-state index contributed by atoms with van der Waals surface area (Å²) in [5.41, 5.74) is 0.0638. The molecule has 1 heterocycles. The van der Waals surface area contributed by atoms with Crippen molar-refractivity contribution in [3.8, 4) is 0 Å². The molecular weight excluding hydrogens is 294 g/mol. The van der Waals surface area contributed by atoms with Gasteiger partial charge in [0.25, 0.3) is 5.91 Å². The largest absolute Gasteiger partial charge is 0.479 e. The summed E-state index contributed by atoms with van der Waals surface area (Å²) in [4.78, 5) is 24.4. The molecule has 3 N–H and O–H groups in total. The second-order valence-electron chi connectivity index (χ2n) is 5.75. The lowest BCUT2D eigenvalue weighted by molar-refractivity contribution is -0.145. The van der Waals surface area contributed by atoms with E-state index in [1.165, 1.54) is 0 Å². The predicted octanol–water partition coefficient (Wildman–Crippen LogP) is 2.65. The maximum atomic E-state index is 12.5. The molecule has 0 radical (unpaired) electrons. The van der Waals surface area contributed by atoms with E-state index in [0.29, 0.717) is 5.56 Å². The Labute approximate surface area is 134 Å². The monoisotopic (exact) mass is 315 g/mol. The van der Waals surface area contributed by atoms with E-state index in [0.717, 1.165) is 5.69 Å². The Balaban J connectivity index is 2.34. The first-order chi connectivity index (χ1) is 10.9. The van der Waals surface area contributed by atoms with Crippen molar-refractivity contribution in [3.63, 3.8) is 0 Å². The number of carbonyl (C=O) groups is 2. The molecule has 0 saturated heterocycles. The molecule has 0 fully saturated rings. The van der Waals surface area contributed by atoms with Gasteiger partial charge in [-0.25, -0.2) is 4.79 Å². The molecule has 23 heavy (non-hydrogen) atoms. The average Bonchev–Trinajstić information content (AvgIpc) is 3.03. The van der Waals surface area contributed by atoms with Crippen molar-refractivity contribution in [3.05, 3.63) is 53.3 Å². The van der Waals surface area contributed by atoms with E-state index < -0.39 is 17.4 Å². The fourth-order valence-corrected chi connectivity index (χ4v) is 2.42. The van der Waals surface area contributed by atoms with E-state index in [-0.39, 0.29) is 18.0 Å². The minimum absolute atomic E-state index is 0.184. The molecule has 2 aromatic rings. The van der Waals surface area contributed by atoms with Gasteiger partial charge in [0.2, 0.25) is 0 Å². The third kappa shape index (κ3) is 3.26. The quantitative estimate of drug-likeness (QED) is 0.763. The number of carboxylic acid groups (broad SMARTS) is 1. The van der Waals surface area contributed by atoms with Crippen LogP contribution in [0.25, 0.3) is 0 Å². The van der Waals surface area contributed by atoms with Gasteiger partial charge in [-0.3, -0.25) is 9.89 Å². The van der Waals surface area contributed by atoms with Gasteiger partial charge in [0.1, 0.15) is 5.69 Å². The molecule has 1 aromatic carbocycles. The van der Waals surface area contributed by atoms with Crippen LogP contribution in [-0.4, -0.2) is 27.2 Å². The summed E-state index contributed by atoms with van der Waals surface area (Å²) in [6, 6.07) is 10.3. The third-order valence-corrected chi connectivity index (χ3v) is 3.94. The van der Waals surface area contributed by atoms with E-state index in [1.54, 1.807) is 43.3 Å². The van der Waals surface area contributed by atoms with Crippen LogP contribution in [-0.2, 0) is 10.3 Å². The van der Waals surface area contributed by atoms with Crippen molar-refractivity contribution in [2.75, 3.05) is 0 Å². The van der Waals surface area contributed by atoms with E-state index in [2.05, 4.69) is 15.5 Å². The van der Waals surface area contributed by atoms with Gasteiger partial charge in [-0.15, -0.1) is 0 Å². The number of carboxylic acids is 1. The molecule has 0 aliphatic heterocycles. The number of nitrogens with one attached hydrogen (secondary N) is 2. The second-order valence-corrected chi connectivity index (χ2v) is 5.75. The Morgan fingerprint density at radius 3 is 2.43 bits per heavy atom. The van der Waals surface area contributed by atoms with Crippen LogP contribution in [0, 0.1) is 0 Å². The summed E-state index contributed by atoms with van der Waals surface area (Å²) in [6.07, 6.45) is 0.222. The maximum Gasteiger partial charge on any atom is 0.334 e. The summed E-state index contributed by atoms with van der Waals surface area (Å²) in [5, 5.41) is 19.1. The number of amides is 1. The van der Waals surface area contributed by atoms with Crippen molar-refractivity contribution in [1.29, 1.82) is 0 Å². The molecule has 0 bridgehead atoms. The lowest BCUT2D eigenvalue weighted by Crippen LogP contribution is -2.51. The minimum atomic E-state index is -1.48.